The molecule has 1 unspecified atom stereocenters. The lowest BCUT2D eigenvalue weighted by Gasteiger charge is -2.16. The van der Waals surface area contributed by atoms with E-state index in [-0.39, 0.29) is 24.1 Å². The van der Waals surface area contributed by atoms with E-state index in [2.05, 4.69) is 15.0 Å². The Balaban J connectivity index is 1.67. The Kier molecular flexibility index (Phi) is 4.17. The number of hydrogen-bond donors (Lipinski definition) is 4. The molecule has 1 saturated heterocycles. The summed E-state index contributed by atoms with van der Waals surface area (Å²) in [6.07, 6.45) is -4.02. The second kappa shape index (κ2) is 6.50. The second-order valence-electron chi connectivity index (χ2n) is 5.88. The van der Waals surface area contributed by atoms with Crippen molar-refractivity contribution in [2.24, 2.45) is 0 Å². The summed E-state index contributed by atoms with van der Waals surface area (Å²) >= 11 is 0. The molecule has 0 bridgehead atoms. The Morgan fingerprint density at radius 1 is 1.12 bits per heavy atom. The Labute approximate surface area is 147 Å². The van der Waals surface area contributed by atoms with Crippen molar-refractivity contribution in [1.82, 2.24) is 19.5 Å². The molecule has 4 rings (SSSR count). The molecule has 1 aliphatic rings. The molecular weight excluding hydrogens is 342 g/mol. The number of anilines is 1. The first kappa shape index (κ1) is 16.7. The number of nitrogen functional groups attached to an aromatic ring is 1. The Morgan fingerprint density at radius 3 is 2.58 bits per heavy atom. The summed E-state index contributed by atoms with van der Waals surface area (Å²) in [5.74, 6) is 0.139. The number of hydrogen-bond acceptors (Lipinski definition) is 9. The van der Waals surface area contributed by atoms with Gasteiger partial charge in [-0.05, 0) is 5.56 Å². The van der Waals surface area contributed by atoms with Gasteiger partial charge in [-0.1, -0.05) is 30.3 Å². The number of aliphatic hydroxyl groups excluding tert-OH is 3. The molecular formula is C16H17N5O5. The highest BCUT2D eigenvalue weighted by Crippen LogP contribution is 2.32. The van der Waals surface area contributed by atoms with E-state index in [4.69, 9.17) is 15.2 Å². The number of benzene rings is 1. The molecule has 3 aromatic rings. The van der Waals surface area contributed by atoms with Crippen LogP contribution in [-0.4, -0.2) is 53.3 Å². The third kappa shape index (κ3) is 2.84. The maximum absolute atomic E-state index is 10.1. The van der Waals surface area contributed by atoms with Gasteiger partial charge in [-0.2, -0.15) is 9.97 Å². The second-order valence-corrected chi connectivity index (χ2v) is 5.88. The molecule has 1 aromatic carbocycles. The Bertz CT molecular complexity index is 918. The SMILES string of the molecule is Nc1nc(OCc2ccccc2)c2ncn(C3O[C@H](O)[C@@H](O)[C@H]3O)c2n1. The molecule has 3 heterocycles. The lowest BCUT2D eigenvalue weighted by molar-refractivity contribution is -0.141. The zero-order valence-electron chi connectivity index (χ0n) is 13.5. The maximum Gasteiger partial charge on any atom is 0.247 e. The van der Waals surface area contributed by atoms with E-state index >= 15 is 0 Å². The van der Waals surface area contributed by atoms with E-state index in [9.17, 15) is 15.3 Å². The first-order valence-corrected chi connectivity index (χ1v) is 7.91. The topological polar surface area (TPSA) is 149 Å². The zero-order valence-corrected chi connectivity index (χ0v) is 13.5. The smallest absolute Gasteiger partial charge is 0.247 e. The predicted molar refractivity (Wildman–Crippen MR) is 88.7 cm³/mol. The van der Waals surface area contributed by atoms with Crippen LogP contribution in [-0.2, 0) is 11.3 Å². The van der Waals surface area contributed by atoms with Gasteiger partial charge in [-0.3, -0.25) is 4.57 Å². The van der Waals surface area contributed by atoms with Crippen LogP contribution in [0.15, 0.2) is 36.7 Å². The normalized spacial score (nSPS) is 25.7. The van der Waals surface area contributed by atoms with Crippen LogP contribution < -0.4 is 10.5 Å². The molecule has 0 spiro atoms. The number of nitrogens with zero attached hydrogens (tertiary/aromatic N) is 4. The molecule has 0 aliphatic carbocycles. The van der Waals surface area contributed by atoms with Gasteiger partial charge in [0.1, 0.15) is 18.8 Å². The number of imidazole rings is 1. The molecule has 2 aromatic heterocycles. The fourth-order valence-corrected chi connectivity index (χ4v) is 2.79. The molecule has 1 aliphatic heterocycles. The van der Waals surface area contributed by atoms with Crippen molar-refractivity contribution in [1.29, 1.82) is 0 Å². The van der Waals surface area contributed by atoms with Crippen LogP contribution in [0.2, 0.25) is 0 Å². The first-order chi connectivity index (χ1) is 12.5. The van der Waals surface area contributed by atoms with Crippen LogP contribution in [0.5, 0.6) is 5.88 Å². The molecule has 4 atom stereocenters. The van der Waals surface area contributed by atoms with Crippen molar-refractivity contribution in [3.05, 3.63) is 42.2 Å². The zero-order chi connectivity index (χ0) is 18.3. The molecule has 1 fully saturated rings. The van der Waals surface area contributed by atoms with Gasteiger partial charge in [0.05, 0.1) is 6.33 Å². The summed E-state index contributed by atoms with van der Waals surface area (Å²) < 4.78 is 12.3. The highest BCUT2D eigenvalue weighted by molar-refractivity contribution is 5.77. The van der Waals surface area contributed by atoms with Crippen molar-refractivity contribution in [2.75, 3.05) is 5.73 Å². The van der Waals surface area contributed by atoms with Crippen molar-refractivity contribution in [2.45, 2.75) is 31.3 Å². The Morgan fingerprint density at radius 2 is 1.88 bits per heavy atom. The van der Waals surface area contributed by atoms with Crippen LogP contribution >= 0.6 is 0 Å². The van der Waals surface area contributed by atoms with Crippen LogP contribution in [0.3, 0.4) is 0 Å². The summed E-state index contributed by atoms with van der Waals surface area (Å²) in [6.45, 7) is 0.263. The lowest BCUT2D eigenvalue weighted by atomic mass is 10.2. The van der Waals surface area contributed by atoms with Gasteiger partial charge in [0, 0.05) is 0 Å². The number of fused-ring (bicyclic) bond motifs is 1. The van der Waals surface area contributed by atoms with Crippen LogP contribution in [0, 0.1) is 0 Å². The van der Waals surface area contributed by atoms with Crippen LogP contribution in [0.25, 0.3) is 11.2 Å². The molecule has 0 amide bonds. The summed E-state index contributed by atoms with van der Waals surface area (Å²) in [5.41, 5.74) is 7.28. The average Bonchev–Trinajstić information content (AvgIpc) is 3.17. The van der Waals surface area contributed by atoms with Crippen LogP contribution in [0.1, 0.15) is 11.8 Å². The summed E-state index contributed by atoms with van der Waals surface area (Å²) in [5, 5.41) is 29.3. The van der Waals surface area contributed by atoms with Gasteiger partial charge in [0.2, 0.25) is 11.8 Å². The number of ether oxygens (including phenoxy) is 2. The van der Waals surface area contributed by atoms with Gasteiger partial charge >= 0.3 is 0 Å². The largest absolute Gasteiger partial charge is 0.471 e. The van der Waals surface area contributed by atoms with E-state index < -0.39 is 24.7 Å². The Hall–Kier alpha value is -2.79. The number of aliphatic hydroxyl groups is 3. The summed E-state index contributed by atoms with van der Waals surface area (Å²) in [7, 11) is 0. The third-order valence-corrected chi connectivity index (χ3v) is 4.11. The van der Waals surface area contributed by atoms with E-state index in [1.165, 1.54) is 10.9 Å². The van der Waals surface area contributed by atoms with E-state index in [0.717, 1.165) is 5.56 Å². The van der Waals surface area contributed by atoms with E-state index in [0.29, 0.717) is 5.52 Å². The minimum Gasteiger partial charge on any atom is -0.471 e. The minimum absolute atomic E-state index is 0.0455. The van der Waals surface area contributed by atoms with Crippen molar-refractivity contribution in [3.8, 4) is 5.88 Å². The molecule has 5 N–H and O–H groups in total. The summed E-state index contributed by atoms with van der Waals surface area (Å²) in [4.78, 5) is 12.4. The van der Waals surface area contributed by atoms with Gasteiger partial charge in [0.15, 0.2) is 23.7 Å². The monoisotopic (exact) mass is 359 g/mol. The highest BCUT2D eigenvalue weighted by Gasteiger charge is 2.43. The molecule has 136 valence electrons. The highest BCUT2D eigenvalue weighted by atomic mass is 16.7. The molecule has 10 nitrogen and oxygen atoms in total. The van der Waals surface area contributed by atoms with Gasteiger partial charge in [-0.15, -0.1) is 0 Å². The molecule has 10 heteroatoms. The predicted octanol–water partition coefficient (Wildman–Crippen LogP) is -0.444. The number of aromatic nitrogens is 4. The van der Waals surface area contributed by atoms with Gasteiger partial charge in [-0.25, -0.2) is 4.98 Å². The number of rotatable bonds is 4. The fourth-order valence-electron chi connectivity index (χ4n) is 2.79. The van der Waals surface area contributed by atoms with Gasteiger partial charge < -0.3 is 30.5 Å². The van der Waals surface area contributed by atoms with Crippen molar-refractivity contribution >= 4 is 17.1 Å². The van der Waals surface area contributed by atoms with Crippen LogP contribution in [0.4, 0.5) is 5.95 Å². The van der Waals surface area contributed by atoms with Crippen molar-refractivity contribution in [3.63, 3.8) is 0 Å². The third-order valence-electron chi connectivity index (χ3n) is 4.11. The summed E-state index contributed by atoms with van der Waals surface area (Å²) in [6, 6.07) is 9.51. The number of nitrogens with two attached hydrogens (primary N) is 1. The molecule has 0 saturated carbocycles. The van der Waals surface area contributed by atoms with Crippen molar-refractivity contribution < 1.29 is 24.8 Å². The maximum atomic E-state index is 10.1. The van der Waals surface area contributed by atoms with E-state index in [1.807, 2.05) is 30.3 Å². The fraction of sp³-hybridized carbons (Fsp3) is 0.312. The minimum atomic E-state index is -1.51. The van der Waals surface area contributed by atoms with Gasteiger partial charge in [0.25, 0.3) is 0 Å². The quantitative estimate of drug-likeness (QED) is 0.486. The lowest BCUT2D eigenvalue weighted by Crippen LogP contribution is -2.31. The molecule has 26 heavy (non-hydrogen) atoms. The molecule has 0 radical (unpaired) electrons. The average molecular weight is 359 g/mol. The first-order valence-electron chi connectivity index (χ1n) is 7.91. The van der Waals surface area contributed by atoms with E-state index in [1.54, 1.807) is 0 Å². The standard InChI is InChI=1S/C16H17N5O5/c17-16-19-12-9(13(20-16)25-6-8-4-2-1-3-5-8)18-7-21(12)14-10(22)11(23)15(24)26-14/h1-5,7,10-11,14-15,22-24H,6H2,(H2,17,19,20)/t10-,11+,14?,15+/m1/s1.